The average Bonchev–Trinajstić information content (AvgIpc) is 2.61. The molecule has 0 bridgehead atoms. The minimum absolute atomic E-state index is 0.0500. The van der Waals surface area contributed by atoms with Gasteiger partial charge in [0, 0.05) is 0 Å². The zero-order valence-electron chi connectivity index (χ0n) is 10.7. The van der Waals surface area contributed by atoms with Gasteiger partial charge < -0.3 is 14.2 Å². The van der Waals surface area contributed by atoms with Crippen molar-refractivity contribution in [3.8, 4) is 0 Å². The van der Waals surface area contributed by atoms with Gasteiger partial charge in [-0.05, 0) is 31.9 Å². The van der Waals surface area contributed by atoms with Crippen LogP contribution in [0.15, 0.2) is 24.3 Å². The Balaban J connectivity index is 1.76. The van der Waals surface area contributed by atoms with Crippen molar-refractivity contribution < 1.29 is 14.2 Å². The van der Waals surface area contributed by atoms with Crippen molar-refractivity contribution >= 4 is 0 Å². The van der Waals surface area contributed by atoms with E-state index in [9.17, 15) is 0 Å². The molecule has 1 aliphatic rings. The molecule has 0 amide bonds. The molecule has 1 heterocycles. The molecule has 2 rings (SSSR count). The van der Waals surface area contributed by atoms with Gasteiger partial charge in [-0.3, -0.25) is 0 Å². The van der Waals surface area contributed by atoms with Crippen LogP contribution in [0.1, 0.15) is 25.0 Å². The summed E-state index contributed by atoms with van der Waals surface area (Å²) in [7, 11) is 0. The fraction of sp³-hybridized carbons (Fsp3) is 0.571. The van der Waals surface area contributed by atoms with Crippen LogP contribution in [0.4, 0.5) is 0 Å². The topological polar surface area (TPSA) is 27.7 Å². The Kier molecular flexibility index (Phi) is 3.82. The Morgan fingerprint density at radius 1 is 1.35 bits per heavy atom. The van der Waals surface area contributed by atoms with Crippen molar-refractivity contribution in [3.63, 3.8) is 0 Å². The molecule has 0 aliphatic carbocycles. The predicted molar refractivity (Wildman–Crippen MR) is 65.7 cm³/mol. The summed E-state index contributed by atoms with van der Waals surface area (Å²) >= 11 is 0. The first-order valence-electron chi connectivity index (χ1n) is 6.01. The summed E-state index contributed by atoms with van der Waals surface area (Å²) in [4.78, 5) is 0. The first kappa shape index (κ1) is 12.6. The zero-order valence-corrected chi connectivity index (χ0v) is 10.7. The third-order valence-electron chi connectivity index (χ3n) is 2.89. The highest BCUT2D eigenvalue weighted by Crippen LogP contribution is 2.22. The standard InChI is InChI=1S/C14H20O3/c1-11-6-4-5-7-12(11)8-15-9-13-10-16-14(2,3)17-13/h4-7,13H,8-10H2,1-3H3. The summed E-state index contributed by atoms with van der Waals surface area (Å²) in [6.45, 7) is 7.77. The van der Waals surface area contributed by atoms with E-state index >= 15 is 0 Å². The van der Waals surface area contributed by atoms with Gasteiger partial charge in [0.15, 0.2) is 5.79 Å². The third-order valence-corrected chi connectivity index (χ3v) is 2.89. The summed E-state index contributed by atoms with van der Waals surface area (Å²) in [5.41, 5.74) is 2.49. The summed E-state index contributed by atoms with van der Waals surface area (Å²) in [5.74, 6) is -0.462. The molecule has 1 saturated heterocycles. The Morgan fingerprint density at radius 3 is 2.76 bits per heavy atom. The molecule has 94 valence electrons. The van der Waals surface area contributed by atoms with Crippen LogP contribution in [-0.2, 0) is 20.8 Å². The van der Waals surface area contributed by atoms with E-state index in [2.05, 4.69) is 19.1 Å². The molecule has 17 heavy (non-hydrogen) atoms. The second-order valence-corrected chi connectivity index (χ2v) is 4.89. The quantitative estimate of drug-likeness (QED) is 0.804. The van der Waals surface area contributed by atoms with Gasteiger partial charge in [0.2, 0.25) is 0 Å². The van der Waals surface area contributed by atoms with Crippen molar-refractivity contribution in [1.82, 2.24) is 0 Å². The molecule has 0 N–H and O–H groups in total. The maximum Gasteiger partial charge on any atom is 0.163 e. The van der Waals surface area contributed by atoms with Gasteiger partial charge >= 0.3 is 0 Å². The highest BCUT2D eigenvalue weighted by atomic mass is 16.7. The van der Waals surface area contributed by atoms with E-state index < -0.39 is 5.79 Å². The SMILES string of the molecule is Cc1ccccc1COCC1COC(C)(C)O1. The van der Waals surface area contributed by atoms with Crippen molar-refractivity contribution in [2.45, 2.75) is 39.3 Å². The number of rotatable bonds is 4. The molecule has 1 aliphatic heterocycles. The number of hydrogen-bond donors (Lipinski definition) is 0. The lowest BCUT2D eigenvalue weighted by atomic mass is 10.1. The lowest BCUT2D eigenvalue weighted by Crippen LogP contribution is -2.24. The minimum Gasteiger partial charge on any atom is -0.374 e. The molecule has 0 spiro atoms. The highest BCUT2D eigenvalue weighted by Gasteiger charge is 2.32. The predicted octanol–water partition coefficient (Wildman–Crippen LogP) is 2.66. The lowest BCUT2D eigenvalue weighted by Gasteiger charge is -2.17. The van der Waals surface area contributed by atoms with Gasteiger partial charge in [-0.2, -0.15) is 0 Å². The van der Waals surface area contributed by atoms with Crippen LogP contribution in [0.5, 0.6) is 0 Å². The Hall–Kier alpha value is -0.900. The lowest BCUT2D eigenvalue weighted by molar-refractivity contribution is -0.145. The number of aryl methyl sites for hydroxylation is 1. The van der Waals surface area contributed by atoms with E-state index in [0.29, 0.717) is 19.8 Å². The molecule has 3 nitrogen and oxygen atoms in total. The fourth-order valence-corrected chi connectivity index (χ4v) is 1.92. The molecular weight excluding hydrogens is 216 g/mol. The van der Waals surface area contributed by atoms with E-state index in [-0.39, 0.29) is 6.10 Å². The highest BCUT2D eigenvalue weighted by molar-refractivity contribution is 5.24. The van der Waals surface area contributed by atoms with E-state index in [1.165, 1.54) is 11.1 Å². The monoisotopic (exact) mass is 236 g/mol. The smallest absolute Gasteiger partial charge is 0.163 e. The van der Waals surface area contributed by atoms with E-state index in [1.807, 2.05) is 26.0 Å². The molecule has 1 atom stereocenters. The molecule has 0 radical (unpaired) electrons. The summed E-state index contributed by atoms with van der Waals surface area (Å²) in [5, 5.41) is 0. The minimum atomic E-state index is -0.462. The van der Waals surface area contributed by atoms with Crippen molar-refractivity contribution in [1.29, 1.82) is 0 Å². The third kappa shape index (κ3) is 3.53. The van der Waals surface area contributed by atoms with Gasteiger partial charge in [0.05, 0.1) is 19.8 Å². The average molecular weight is 236 g/mol. The van der Waals surface area contributed by atoms with Gasteiger partial charge in [-0.25, -0.2) is 0 Å². The molecule has 3 heteroatoms. The summed E-state index contributed by atoms with van der Waals surface area (Å²) in [6.07, 6.45) is 0.0500. The van der Waals surface area contributed by atoms with Gasteiger partial charge in [0.25, 0.3) is 0 Å². The summed E-state index contributed by atoms with van der Waals surface area (Å²) in [6, 6.07) is 8.25. The first-order valence-corrected chi connectivity index (χ1v) is 6.01. The first-order chi connectivity index (χ1) is 8.07. The van der Waals surface area contributed by atoms with Crippen molar-refractivity contribution in [2.24, 2.45) is 0 Å². The molecule has 1 aromatic rings. The van der Waals surface area contributed by atoms with E-state index in [4.69, 9.17) is 14.2 Å². The van der Waals surface area contributed by atoms with Crippen molar-refractivity contribution in [2.75, 3.05) is 13.2 Å². The molecule has 0 aromatic heterocycles. The molecule has 1 aromatic carbocycles. The number of ether oxygens (including phenoxy) is 3. The number of hydrogen-bond acceptors (Lipinski definition) is 3. The molecule has 1 unspecified atom stereocenters. The Morgan fingerprint density at radius 2 is 2.12 bits per heavy atom. The fourth-order valence-electron chi connectivity index (χ4n) is 1.92. The molecular formula is C14H20O3. The van der Waals surface area contributed by atoms with Gasteiger partial charge in [-0.15, -0.1) is 0 Å². The maximum atomic E-state index is 5.67. The van der Waals surface area contributed by atoms with Gasteiger partial charge in [0.1, 0.15) is 6.10 Å². The van der Waals surface area contributed by atoms with Crippen LogP contribution >= 0.6 is 0 Å². The second kappa shape index (κ2) is 5.17. The second-order valence-electron chi connectivity index (χ2n) is 4.89. The Bertz CT molecular complexity index is 373. The molecule has 1 fully saturated rings. The van der Waals surface area contributed by atoms with Gasteiger partial charge in [-0.1, -0.05) is 24.3 Å². The number of benzene rings is 1. The normalized spacial score (nSPS) is 22.9. The maximum absolute atomic E-state index is 5.67. The van der Waals surface area contributed by atoms with Crippen LogP contribution in [0, 0.1) is 6.92 Å². The van der Waals surface area contributed by atoms with E-state index in [0.717, 1.165) is 0 Å². The largest absolute Gasteiger partial charge is 0.374 e. The van der Waals surface area contributed by atoms with Crippen LogP contribution in [0.3, 0.4) is 0 Å². The zero-order chi connectivity index (χ0) is 12.3. The Labute approximate surface area is 103 Å². The van der Waals surface area contributed by atoms with Crippen LogP contribution in [-0.4, -0.2) is 25.1 Å². The molecule has 0 saturated carbocycles. The van der Waals surface area contributed by atoms with E-state index in [1.54, 1.807) is 0 Å². The van der Waals surface area contributed by atoms with Crippen LogP contribution in [0.25, 0.3) is 0 Å². The van der Waals surface area contributed by atoms with Crippen LogP contribution < -0.4 is 0 Å². The van der Waals surface area contributed by atoms with Crippen LogP contribution in [0.2, 0.25) is 0 Å². The summed E-state index contributed by atoms with van der Waals surface area (Å²) < 4.78 is 16.8. The van der Waals surface area contributed by atoms with Crippen molar-refractivity contribution in [3.05, 3.63) is 35.4 Å².